The number of anilines is 1. The highest BCUT2D eigenvalue weighted by atomic mass is 16.7. The monoisotopic (exact) mass is 448 g/mol. The number of benzene rings is 3. The predicted molar refractivity (Wildman–Crippen MR) is 126 cm³/mol. The number of nitrogens with zero attached hydrogens (tertiary/aromatic N) is 2. The Morgan fingerprint density at radius 2 is 1.65 bits per heavy atom. The molecular formula is C28H20N2O4. The minimum Gasteiger partial charge on any atom is -0.491 e. The molecule has 0 saturated heterocycles. The van der Waals surface area contributed by atoms with Crippen LogP contribution in [0.15, 0.2) is 85.2 Å². The Kier molecular flexibility index (Phi) is 4.00. The number of ether oxygens (including phenoxy) is 3. The van der Waals surface area contributed by atoms with Crippen LogP contribution in [0.4, 0.5) is 5.69 Å². The van der Waals surface area contributed by atoms with E-state index in [1.165, 1.54) is 0 Å². The first-order valence-electron chi connectivity index (χ1n) is 11.2. The fourth-order valence-corrected chi connectivity index (χ4v) is 5.24. The van der Waals surface area contributed by atoms with Gasteiger partial charge in [-0.2, -0.15) is 0 Å². The highest BCUT2D eigenvalue weighted by Gasteiger charge is 2.57. The largest absolute Gasteiger partial charge is 0.491 e. The maximum absolute atomic E-state index is 14.1. The molecule has 4 aromatic rings. The summed E-state index contributed by atoms with van der Waals surface area (Å²) in [6, 6.07) is 24.0. The summed E-state index contributed by atoms with van der Waals surface area (Å²) in [6.45, 7) is 0.916. The van der Waals surface area contributed by atoms with Crippen molar-refractivity contribution in [3.05, 3.63) is 102 Å². The fraction of sp³-hybridized carbons (Fsp3) is 0.143. The molecule has 3 aliphatic heterocycles. The second kappa shape index (κ2) is 7.09. The van der Waals surface area contributed by atoms with Crippen molar-refractivity contribution in [2.45, 2.75) is 12.0 Å². The zero-order chi connectivity index (χ0) is 22.7. The highest BCUT2D eigenvalue weighted by molar-refractivity contribution is 6.11. The normalized spacial score (nSPS) is 19.3. The maximum atomic E-state index is 14.1. The Hall–Kier alpha value is -4.32. The van der Waals surface area contributed by atoms with Crippen LogP contribution in [0, 0.1) is 0 Å². The number of rotatable bonds is 3. The molecule has 0 saturated carbocycles. The number of aromatic nitrogens is 1. The number of pyridine rings is 1. The molecule has 4 heterocycles. The second-order valence-electron chi connectivity index (χ2n) is 8.74. The van der Waals surface area contributed by atoms with Crippen LogP contribution in [0.2, 0.25) is 0 Å². The van der Waals surface area contributed by atoms with Gasteiger partial charge in [-0.3, -0.25) is 9.78 Å². The standard InChI is InChI=1S/C28H20N2O4/c31-27-28(16-32-24-13-26-25(12-22(24)28)33-17-34-26)21-5-1-2-6-23(21)30(27)15-18-7-9-19(10-8-18)20-4-3-11-29-14-20/h1-14H,15-17H2. The van der Waals surface area contributed by atoms with Crippen molar-refractivity contribution in [1.29, 1.82) is 0 Å². The Bertz CT molecular complexity index is 1430. The van der Waals surface area contributed by atoms with Gasteiger partial charge in [0.15, 0.2) is 11.5 Å². The zero-order valence-electron chi connectivity index (χ0n) is 18.2. The summed E-state index contributed by atoms with van der Waals surface area (Å²) in [5.41, 5.74) is 5.04. The van der Waals surface area contributed by atoms with Gasteiger partial charge in [-0.05, 0) is 40.5 Å². The van der Waals surface area contributed by atoms with E-state index in [1.54, 1.807) is 6.20 Å². The third-order valence-corrected chi connectivity index (χ3v) is 6.93. The summed E-state index contributed by atoms with van der Waals surface area (Å²) in [5, 5.41) is 0. The van der Waals surface area contributed by atoms with Crippen molar-refractivity contribution in [2.24, 2.45) is 0 Å². The molecule has 1 aromatic heterocycles. The molecule has 1 unspecified atom stereocenters. The lowest BCUT2D eigenvalue weighted by atomic mass is 9.77. The third kappa shape index (κ3) is 2.62. The number of para-hydroxylation sites is 1. The van der Waals surface area contributed by atoms with Crippen LogP contribution >= 0.6 is 0 Å². The first-order chi connectivity index (χ1) is 16.7. The molecule has 1 spiro atoms. The van der Waals surface area contributed by atoms with Gasteiger partial charge in [0.1, 0.15) is 17.8 Å². The van der Waals surface area contributed by atoms with Gasteiger partial charge in [0, 0.05) is 29.7 Å². The molecule has 6 heteroatoms. The molecule has 1 amide bonds. The van der Waals surface area contributed by atoms with Crippen LogP contribution in [0.5, 0.6) is 17.2 Å². The molecule has 3 aromatic carbocycles. The smallest absolute Gasteiger partial charge is 0.246 e. The van der Waals surface area contributed by atoms with Gasteiger partial charge in [-0.1, -0.05) is 48.5 Å². The summed E-state index contributed by atoms with van der Waals surface area (Å²) in [4.78, 5) is 20.2. The van der Waals surface area contributed by atoms with Crippen molar-refractivity contribution in [2.75, 3.05) is 18.3 Å². The van der Waals surface area contributed by atoms with Crippen LogP contribution < -0.4 is 19.1 Å². The SMILES string of the molecule is O=C1N(Cc2ccc(-c3cccnc3)cc2)c2ccccc2C12COc1cc3c(cc12)OCO3. The van der Waals surface area contributed by atoms with Gasteiger partial charge in [-0.25, -0.2) is 0 Å². The molecule has 3 aliphatic rings. The topological polar surface area (TPSA) is 60.9 Å². The predicted octanol–water partition coefficient (Wildman–Crippen LogP) is 4.70. The van der Waals surface area contributed by atoms with E-state index in [0.717, 1.165) is 33.5 Å². The van der Waals surface area contributed by atoms with Gasteiger partial charge in [0.05, 0.1) is 6.54 Å². The summed E-state index contributed by atoms with van der Waals surface area (Å²) < 4.78 is 17.2. The number of hydrogen-bond acceptors (Lipinski definition) is 5. The molecule has 0 bridgehead atoms. The zero-order valence-corrected chi connectivity index (χ0v) is 18.2. The van der Waals surface area contributed by atoms with E-state index in [-0.39, 0.29) is 19.3 Å². The van der Waals surface area contributed by atoms with E-state index in [0.29, 0.717) is 23.8 Å². The number of amides is 1. The Morgan fingerprint density at radius 1 is 0.824 bits per heavy atom. The summed E-state index contributed by atoms with van der Waals surface area (Å²) >= 11 is 0. The molecular weight excluding hydrogens is 428 g/mol. The lowest BCUT2D eigenvalue weighted by Crippen LogP contribution is -2.42. The minimum atomic E-state index is -0.886. The first-order valence-corrected chi connectivity index (χ1v) is 11.2. The van der Waals surface area contributed by atoms with E-state index < -0.39 is 5.41 Å². The minimum absolute atomic E-state index is 0.0163. The van der Waals surface area contributed by atoms with Gasteiger partial charge in [0.25, 0.3) is 0 Å². The second-order valence-corrected chi connectivity index (χ2v) is 8.74. The number of fused-ring (bicyclic) bond motifs is 5. The summed E-state index contributed by atoms with van der Waals surface area (Å²) in [6.07, 6.45) is 3.62. The average Bonchev–Trinajstić information content (AvgIpc) is 3.56. The van der Waals surface area contributed by atoms with Crippen molar-refractivity contribution in [3.8, 4) is 28.4 Å². The van der Waals surface area contributed by atoms with Gasteiger partial charge in [-0.15, -0.1) is 0 Å². The molecule has 0 N–H and O–H groups in total. The Labute approximate surface area is 196 Å². The van der Waals surface area contributed by atoms with Crippen molar-refractivity contribution < 1.29 is 19.0 Å². The van der Waals surface area contributed by atoms with Crippen molar-refractivity contribution in [1.82, 2.24) is 4.98 Å². The highest BCUT2D eigenvalue weighted by Crippen LogP contribution is 2.55. The van der Waals surface area contributed by atoms with Crippen molar-refractivity contribution >= 4 is 11.6 Å². The lowest BCUT2D eigenvalue weighted by molar-refractivity contribution is -0.122. The molecule has 1 atom stereocenters. The van der Waals surface area contributed by atoms with Crippen LogP contribution in [-0.2, 0) is 16.8 Å². The Balaban J connectivity index is 1.27. The molecule has 34 heavy (non-hydrogen) atoms. The summed E-state index contributed by atoms with van der Waals surface area (Å²) in [7, 11) is 0. The molecule has 0 aliphatic carbocycles. The number of carbonyl (C=O) groups excluding carboxylic acids is 1. The third-order valence-electron chi connectivity index (χ3n) is 6.93. The van der Waals surface area contributed by atoms with E-state index in [1.807, 2.05) is 59.6 Å². The summed E-state index contributed by atoms with van der Waals surface area (Å²) in [5.74, 6) is 2.00. The maximum Gasteiger partial charge on any atom is 0.246 e. The quantitative estimate of drug-likeness (QED) is 0.455. The molecule has 0 radical (unpaired) electrons. The van der Waals surface area contributed by atoms with Crippen molar-refractivity contribution in [3.63, 3.8) is 0 Å². The van der Waals surface area contributed by atoms with Crippen LogP contribution in [0.25, 0.3) is 11.1 Å². The van der Waals surface area contributed by atoms with Crippen LogP contribution in [0.1, 0.15) is 16.7 Å². The van der Waals surface area contributed by atoms with Gasteiger partial charge in [0.2, 0.25) is 12.7 Å². The molecule has 6 nitrogen and oxygen atoms in total. The fourth-order valence-electron chi connectivity index (χ4n) is 5.24. The lowest BCUT2D eigenvalue weighted by Gasteiger charge is -2.23. The van der Waals surface area contributed by atoms with E-state index in [2.05, 4.69) is 29.2 Å². The van der Waals surface area contributed by atoms with Crippen LogP contribution in [-0.4, -0.2) is 24.3 Å². The van der Waals surface area contributed by atoms with Gasteiger partial charge < -0.3 is 19.1 Å². The number of carbonyl (C=O) groups is 1. The number of hydrogen-bond donors (Lipinski definition) is 0. The van der Waals surface area contributed by atoms with Crippen LogP contribution in [0.3, 0.4) is 0 Å². The molecule has 7 rings (SSSR count). The average molecular weight is 448 g/mol. The van der Waals surface area contributed by atoms with E-state index >= 15 is 0 Å². The van der Waals surface area contributed by atoms with Gasteiger partial charge >= 0.3 is 0 Å². The van der Waals surface area contributed by atoms with E-state index in [4.69, 9.17) is 14.2 Å². The molecule has 0 fully saturated rings. The van der Waals surface area contributed by atoms with E-state index in [9.17, 15) is 4.79 Å². The Morgan fingerprint density at radius 3 is 2.47 bits per heavy atom. The first kappa shape index (κ1) is 19.2. The molecule has 166 valence electrons.